The first kappa shape index (κ1) is 28.3. The van der Waals surface area contributed by atoms with Crippen LogP contribution in [0.25, 0.3) is 0 Å². The molecule has 0 radical (unpaired) electrons. The third-order valence-corrected chi connectivity index (χ3v) is 13.3. The molecule has 4 nitrogen and oxygen atoms in total. The Labute approximate surface area is 241 Å². The van der Waals surface area contributed by atoms with Gasteiger partial charge in [-0.3, -0.25) is 9.58 Å². The lowest BCUT2D eigenvalue weighted by Crippen LogP contribution is -2.55. The Morgan fingerprint density at radius 2 is 1.35 bits per heavy atom. The van der Waals surface area contributed by atoms with Crippen molar-refractivity contribution in [1.29, 1.82) is 0 Å². The van der Waals surface area contributed by atoms with Crippen molar-refractivity contribution in [2.75, 3.05) is 13.1 Å². The predicted octanol–water partition coefficient (Wildman–Crippen LogP) is 7.90. The van der Waals surface area contributed by atoms with Crippen LogP contribution in [0.5, 0.6) is 0 Å². The van der Waals surface area contributed by atoms with Crippen LogP contribution in [-0.2, 0) is 16.5 Å². The van der Waals surface area contributed by atoms with E-state index in [0.29, 0.717) is 0 Å². The van der Waals surface area contributed by atoms with E-state index in [0.717, 1.165) is 26.1 Å². The predicted molar refractivity (Wildman–Crippen MR) is 168 cm³/mol. The Morgan fingerprint density at radius 3 is 1.80 bits per heavy atom. The summed E-state index contributed by atoms with van der Waals surface area (Å²) in [4.78, 5) is 2.67. The largest absolute Gasteiger partial charge is 0.410 e. The van der Waals surface area contributed by atoms with Crippen molar-refractivity contribution < 1.29 is 4.43 Å². The molecule has 40 heavy (non-hydrogen) atoms. The van der Waals surface area contributed by atoms with Gasteiger partial charge in [-0.1, -0.05) is 118 Å². The Bertz CT molecular complexity index is 1280. The van der Waals surface area contributed by atoms with E-state index >= 15 is 0 Å². The summed E-state index contributed by atoms with van der Waals surface area (Å²) in [5.41, 5.74) is 4.75. The smallest absolute Gasteiger partial charge is 0.192 e. The second kappa shape index (κ2) is 11.7. The van der Waals surface area contributed by atoms with Crippen LogP contribution in [0.4, 0.5) is 0 Å². The van der Waals surface area contributed by atoms with Crippen LogP contribution in [0, 0.1) is 0 Å². The lowest BCUT2D eigenvalue weighted by molar-refractivity contribution is 0.0900. The highest BCUT2D eigenvalue weighted by Gasteiger charge is 2.46. The maximum atomic E-state index is 7.12. The van der Waals surface area contributed by atoms with Crippen LogP contribution < -0.4 is 0 Å². The number of likely N-dealkylation sites (tertiary alicyclic amines) is 1. The zero-order valence-electron chi connectivity index (χ0n) is 24.6. The maximum Gasteiger partial charge on any atom is 0.192 e. The minimum atomic E-state index is -1.97. The number of hydrogen-bond donors (Lipinski definition) is 0. The quantitative estimate of drug-likeness (QED) is 0.127. The van der Waals surface area contributed by atoms with Crippen molar-refractivity contribution in [3.05, 3.63) is 138 Å². The van der Waals surface area contributed by atoms with Gasteiger partial charge in [0.15, 0.2) is 8.32 Å². The lowest BCUT2D eigenvalue weighted by Gasteiger charge is -2.50. The number of allylic oxidation sites excluding steroid dienone is 1. The molecule has 1 unspecified atom stereocenters. The van der Waals surface area contributed by atoms with Gasteiger partial charge in [0.05, 0.1) is 18.2 Å². The van der Waals surface area contributed by atoms with Gasteiger partial charge in [-0.15, -0.1) is 0 Å². The summed E-state index contributed by atoms with van der Waals surface area (Å²) in [5.74, 6) is 0. The standard InChI is InChI=1S/C35H43N3OSi/c1-34(2,3)40(4,5)39-33-23-26-37(28-29(33)22-27-38-25-15-24-36-38)35(30-16-9-6-10-17-30,31-18-11-7-12-19-31)32-20-13-8-14-21-32/h6-22,24-25,33H,23,26-28H2,1-5H3. The summed E-state index contributed by atoms with van der Waals surface area (Å²) >= 11 is 0. The van der Waals surface area contributed by atoms with Crippen molar-refractivity contribution in [2.24, 2.45) is 0 Å². The number of rotatable bonds is 8. The van der Waals surface area contributed by atoms with Crippen LogP contribution in [0.3, 0.4) is 0 Å². The normalized spacial score (nSPS) is 18.2. The van der Waals surface area contributed by atoms with E-state index in [4.69, 9.17) is 4.43 Å². The molecule has 0 saturated carbocycles. The van der Waals surface area contributed by atoms with E-state index in [1.807, 2.05) is 23.1 Å². The average Bonchev–Trinajstić information content (AvgIpc) is 3.48. The fraction of sp³-hybridized carbons (Fsp3) is 0.343. The van der Waals surface area contributed by atoms with Gasteiger partial charge in [0.25, 0.3) is 0 Å². The molecule has 3 aromatic carbocycles. The van der Waals surface area contributed by atoms with E-state index in [9.17, 15) is 0 Å². The molecular weight excluding hydrogens is 506 g/mol. The SMILES string of the molecule is CC(C)(C)[Si](C)(C)OC1CCN(C(c2ccccc2)(c2ccccc2)c2ccccc2)CC1=CCn1cccn1. The number of aromatic nitrogens is 2. The summed E-state index contributed by atoms with van der Waals surface area (Å²) in [7, 11) is -1.97. The number of hydrogen-bond acceptors (Lipinski definition) is 3. The molecule has 1 saturated heterocycles. The molecule has 1 aromatic heterocycles. The van der Waals surface area contributed by atoms with Crippen LogP contribution >= 0.6 is 0 Å². The van der Waals surface area contributed by atoms with Gasteiger partial charge in [-0.05, 0) is 52.9 Å². The zero-order chi connectivity index (χ0) is 28.2. The molecule has 208 valence electrons. The zero-order valence-corrected chi connectivity index (χ0v) is 25.6. The van der Waals surface area contributed by atoms with Crippen molar-refractivity contribution >= 4 is 8.32 Å². The highest BCUT2D eigenvalue weighted by Crippen LogP contribution is 2.45. The molecule has 0 aliphatic carbocycles. The van der Waals surface area contributed by atoms with Gasteiger partial charge in [0, 0.05) is 25.5 Å². The van der Waals surface area contributed by atoms with E-state index in [2.05, 4.69) is 141 Å². The van der Waals surface area contributed by atoms with Crippen LogP contribution in [0.2, 0.25) is 18.1 Å². The molecule has 5 rings (SSSR count). The molecule has 0 spiro atoms. The van der Waals surface area contributed by atoms with Crippen molar-refractivity contribution in [3.63, 3.8) is 0 Å². The molecule has 4 aromatic rings. The molecule has 1 fully saturated rings. The first-order chi connectivity index (χ1) is 19.2. The van der Waals surface area contributed by atoms with Crippen LogP contribution in [-0.4, -0.2) is 42.2 Å². The van der Waals surface area contributed by atoms with Gasteiger partial charge in [-0.25, -0.2) is 0 Å². The van der Waals surface area contributed by atoms with Gasteiger partial charge in [0.1, 0.15) is 0 Å². The van der Waals surface area contributed by atoms with Crippen molar-refractivity contribution in [1.82, 2.24) is 14.7 Å². The summed E-state index contributed by atoms with van der Waals surface area (Å²) in [6, 6.07) is 35.0. The summed E-state index contributed by atoms with van der Waals surface area (Å²) in [5, 5.41) is 4.63. The number of nitrogens with zero attached hydrogens (tertiary/aromatic N) is 3. The molecule has 1 atom stereocenters. The van der Waals surface area contributed by atoms with Gasteiger partial charge in [0.2, 0.25) is 0 Å². The van der Waals surface area contributed by atoms with Gasteiger partial charge < -0.3 is 4.43 Å². The third-order valence-electron chi connectivity index (χ3n) is 8.84. The number of benzene rings is 3. The van der Waals surface area contributed by atoms with Crippen molar-refractivity contribution in [2.45, 2.75) is 63.5 Å². The molecule has 0 bridgehead atoms. The Hall–Kier alpha value is -3.25. The molecule has 1 aliphatic rings. The molecule has 5 heteroatoms. The first-order valence-corrected chi connectivity index (χ1v) is 17.4. The fourth-order valence-electron chi connectivity index (χ4n) is 5.71. The monoisotopic (exact) mass is 549 g/mol. The van der Waals surface area contributed by atoms with Crippen LogP contribution in [0.15, 0.2) is 121 Å². The Kier molecular flexibility index (Phi) is 8.27. The highest BCUT2D eigenvalue weighted by atomic mass is 28.4. The summed E-state index contributed by atoms with van der Waals surface area (Å²) < 4.78 is 9.11. The van der Waals surface area contributed by atoms with Crippen molar-refractivity contribution in [3.8, 4) is 0 Å². The summed E-state index contributed by atoms with van der Waals surface area (Å²) in [6.07, 6.45) is 7.30. The maximum absolute atomic E-state index is 7.12. The molecule has 0 amide bonds. The molecule has 2 heterocycles. The second-order valence-electron chi connectivity index (χ2n) is 12.4. The summed E-state index contributed by atoms with van der Waals surface area (Å²) in [6.45, 7) is 14.2. The fourth-order valence-corrected chi connectivity index (χ4v) is 7.05. The lowest BCUT2D eigenvalue weighted by atomic mass is 9.74. The second-order valence-corrected chi connectivity index (χ2v) is 17.1. The topological polar surface area (TPSA) is 30.3 Å². The van der Waals surface area contributed by atoms with Crippen LogP contribution in [0.1, 0.15) is 43.9 Å². The minimum Gasteiger partial charge on any atom is -0.410 e. The van der Waals surface area contributed by atoms with E-state index in [1.165, 1.54) is 22.3 Å². The minimum absolute atomic E-state index is 0.104. The average molecular weight is 550 g/mol. The Morgan fingerprint density at radius 1 is 0.825 bits per heavy atom. The van der Waals surface area contributed by atoms with Gasteiger partial charge >= 0.3 is 0 Å². The first-order valence-electron chi connectivity index (χ1n) is 14.5. The van der Waals surface area contributed by atoms with E-state index in [1.54, 1.807) is 0 Å². The van der Waals surface area contributed by atoms with E-state index < -0.39 is 13.9 Å². The Balaban J connectivity index is 1.63. The molecular formula is C35H43N3OSi. The third kappa shape index (κ3) is 5.64. The van der Waals surface area contributed by atoms with E-state index in [-0.39, 0.29) is 11.1 Å². The molecule has 1 aliphatic heterocycles. The van der Waals surface area contributed by atoms with Gasteiger partial charge in [-0.2, -0.15) is 5.10 Å². The highest BCUT2D eigenvalue weighted by molar-refractivity contribution is 6.74. The number of piperidine rings is 1. The molecule has 0 N–H and O–H groups in total.